The van der Waals surface area contributed by atoms with Gasteiger partial charge in [-0.05, 0) is 114 Å². The highest BCUT2D eigenvalue weighted by atomic mass is 16.4. The molecular weight excluding hydrogens is 412 g/mol. The number of unbranched alkanes of at least 4 members (excludes halogenated alkanes) is 6. The van der Waals surface area contributed by atoms with Crippen molar-refractivity contribution in [2.24, 2.45) is 10.8 Å². The summed E-state index contributed by atoms with van der Waals surface area (Å²) in [5, 5.41) is 18.5. The number of carbonyl (C=O) groups is 2. The van der Waals surface area contributed by atoms with E-state index in [0.717, 1.165) is 77.0 Å². The Hall–Kier alpha value is -1.84. The van der Waals surface area contributed by atoms with E-state index in [9.17, 15) is 19.8 Å². The average molecular weight is 459 g/mol. The third-order valence-corrected chi connectivity index (χ3v) is 8.17. The van der Waals surface area contributed by atoms with Crippen LogP contribution in [0.3, 0.4) is 0 Å². The van der Waals surface area contributed by atoms with Crippen molar-refractivity contribution in [2.75, 3.05) is 0 Å². The van der Waals surface area contributed by atoms with Crippen LogP contribution in [0.15, 0.2) is 6.07 Å². The van der Waals surface area contributed by atoms with Crippen LogP contribution in [-0.4, -0.2) is 22.2 Å². The molecule has 0 amide bonds. The number of aliphatic carboxylic acids is 2. The van der Waals surface area contributed by atoms with Crippen LogP contribution in [0.5, 0.6) is 0 Å². The number of hydrogen-bond acceptors (Lipinski definition) is 2. The number of hydrogen-bond donors (Lipinski definition) is 2. The molecule has 0 unspecified atom stereocenters. The first kappa shape index (κ1) is 27.4. The first-order chi connectivity index (χ1) is 15.5. The maximum atomic E-state index is 11.3. The zero-order valence-electron chi connectivity index (χ0n) is 21.7. The lowest BCUT2D eigenvalue weighted by molar-refractivity contribution is -0.147. The Morgan fingerprint density at radius 1 is 0.788 bits per heavy atom. The molecule has 0 saturated heterocycles. The van der Waals surface area contributed by atoms with E-state index in [4.69, 9.17) is 0 Å². The van der Waals surface area contributed by atoms with Gasteiger partial charge in [-0.1, -0.05) is 44.6 Å². The summed E-state index contributed by atoms with van der Waals surface area (Å²) >= 11 is 0. The minimum atomic E-state index is -0.701. The molecular formula is C29H46O4. The van der Waals surface area contributed by atoms with E-state index in [1.807, 2.05) is 13.8 Å². The molecule has 1 aliphatic rings. The second-order valence-corrected chi connectivity index (χ2v) is 11.2. The highest BCUT2D eigenvalue weighted by Crippen LogP contribution is 2.50. The maximum Gasteiger partial charge on any atom is 0.309 e. The smallest absolute Gasteiger partial charge is 0.309 e. The Kier molecular flexibility index (Phi) is 10.00. The van der Waals surface area contributed by atoms with Crippen LogP contribution < -0.4 is 0 Å². The Morgan fingerprint density at radius 2 is 1.27 bits per heavy atom. The molecule has 1 aliphatic carbocycles. The molecule has 33 heavy (non-hydrogen) atoms. The highest BCUT2D eigenvalue weighted by Gasteiger charge is 2.49. The molecule has 1 fully saturated rings. The first-order valence-electron chi connectivity index (χ1n) is 13.1. The van der Waals surface area contributed by atoms with E-state index in [2.05, 4.69) is 26.8 Å². The summed E-state index contributed by atoms with van der Waals surface area (Å²) < 4.78 is 0. The van der Waals surface area contributed by atoms with Crippen LogP contribution in [-0.2, 0) is 22.4 Å². The minimum Gasteiger partial charge on any atom is -0.481 e. The first-order valence-corrected chi connectivity index (χ1v) is 13.1. The molecule has 4 nitrogen and oxygen atoms in total. The standard InChI is InChI=1S/C29H46O4/c1-21-22(2)24(14-10-6-8-12-16-28(4,5)26(30)31)20-25(23(21)3)15-11-7-9-13-17-29(18-19-29)27(32)33/h20H,6-19H2,1-5H3,(H,30,31)(H,32,33). The van der Waals surface area contributed by atoms with Crippen molar-refractivity contribution in [1.82, 2.24) is 0 Å². The number of rotatable bonds is 16. The zero-order chi connectivity index (χ0) is 24.6. The van der Waals surface area contributed by atoms with E-state index in [-0.39, 0.29) is 5.41 Å². The average Bonchev–Trinajstić information content (AvgIpc) is 3.55. The topological polar surface area (TPSA) is 74.6 Å². The normalized spacial score (nSPS) is 14.9. The Morgan fingerprint density at radius 3 is 1.73 bits per heavy atom. The molecule has 186 valence electrons. The SMILES string of the molecule is Cc1c(CCCCCCC(C)(C)C(=O)O)cc(CCCCCCC2(C(=O)O)CC2)c(C)c1C. The van der Waals surface area contributed by atoms with E-state index >= 15 is 0 Å². The van der Waals surface area contributed by atoms with Gasteiger partial charge in [0.1, 0.15) is 0 Å². The summed E-state index contributed by atoms with van der Waals surface area (Å²) in [5.41, 5.74) is 6.22. The lowest BCUT2D eigenvalue weighted by Gasteiger charge is -2.18. The third kappa shape index (κ3) is 7.86. The maximum absolute atomic E-state index is 11.3. The van der Waals surface area contributed by atoms with E-state index in [1.54, 1.807) is 0 Å². The molecule has 0 aromatic heterocycles. The molecule has 2 N–H and O–H groups in total. The Balaban J connectivity index is 1.74. The molecule has 0 heterocycles. The second kappa shape index (κ2) is 12.0. The Bertz CT molecular complexity index is 765. The molecule has 1 aromatic carbocycles. The molecule has 2 rings (SSSR count). The quantitative estimate of drug-likeness (QED) is 0.250. The summed E-state index contributed by atoms with van der Waals surface area (Å²) in [5.74, 6) is -1.29. The van der Waals surface area contributed by atoms with Gasteiger partial charge in [-0.25, -0.2) is 0 Å². The summed E-state index contributed by atoms with van der Waals surface area (Å²) in [6.45, 7) is 10.4. The zero-order valence-corrected chi connectivity index (χ0v) is 21.7. The van der Waals surface area contributed by atoms with Gasteiger partial charge in [-0.2, -0.15) is 0 Å². The van der Waals surface area contributed by atoms with Crippen LogP contribution in [0.1, 0.15) is 119 Å². The molecule has 0 bridgehead atoms. The fourth-order valence-corrected chi connectivity index (χ4v) is 4.91. The van der Waals surface area contributed by atoms with Gasteiger partial charge in [0.15, 0.2) is 0 Å². The Labute approximate surface area is 201 Å². The number of aryl methyl sites for hydroxylation is 2. The van der Waals surface area contributed by atoms with Gasteiger partial charge >= 0.3 is 11.9 Å². The van der Waals surface area contributed by atoms with Crippen LogP contribution in [0.4, 0.5) is 0 Å². The van der Waals surface area contributed by atoms with Gasteiger partial charge in [-0.3, -0.25) is 9.59 Å². The van der Waals surface area contributed by atoms with Gasteiger partial charge in [0.05, 0.1) is 10.8 Å². The number of carboxylic acid groups (broad SMARTS) is 2. The lowest BCUT2D eigenvalue weighted by atomic mass is 9.86. The highest BCUT2D eigenvalue weighted by molar-refractivity contribution is 5.77. The monoisotopic (exact) mass is 458 g/mol. The van der Waals surface area contributed by atoms with Crippen molar-refractivity contribution in [2.45, 2.75) is 125 Å². The van der Waals surface area contributed by atoms with Crippen LogP contribution in [0, 0.1) is 31.6 Å². The molecule has 0 aliphatic heterocycles. The summed E-state index contributed by atoms with van der Waals surface area (Å²) in [6, 6.07) is 2.43. The molecule has 0 atom stereocenters. The number of carboxylic acids is 2. The van der Waals surface area contributed by atoms with Gasteiger partial charge < -0.3 is 10.2 Å². The van der Waals surface area contributed by atoms with Crippen molar-refractivity contribution in [3.8, 4) is 0 Å². The van der Waals surface area contributed by atoms with Gasteiger partial charge in [0.2, 0.25) is 0 Å². The van der Waals surface area contributed by atoms with Crippen LogP contribution in [0.25, 0.3) is 0 Å². The molecule has 0 radical (unpaired) electrons. The second-order valence-electron chi connectivity index (χ2n) is 11.2. The van der Waals surface area contributed by atoms with Crippen LogP contribution in [0.2, 0.25) is 0 Å². The van der Waals surface area contributed by atoms with E-state index in [0.29, 0.717) is 0 Å². The molecule has 4 heteroatoms. The summed E-state index contributed by atoms with van der Waals surface area (Å²) in [7, 11) is 0. The van der Waals surface area contributed by atoms with Gasteiger partial charge in [0.25, 0.3) is 0 Å². The number of benzene rings is 1. The van der Waals surface area contributed by atoms with Crippen molar-refractivity contribution in [1.29, 1.82) is 0 Å². The van der Waals surface area contributed by atoms with Crippen LogP contribution >= 0.6 is 0 Å². The van der Waals surface area contributed by atoms with Crippen molar-refractivity contribution in [3.63, 3.8) is 0 Å². The van der Waals surface area contributed by atoms with E-state index in [1.165, 1.54) is 40.7 Å². The lowest BCUT2D eigenvalue weighted by Crippen LogP contribution is -2.23. The minimum absolute atomic E-state index is 0.369. The van der Waals surface area contributed by atoms with Gasteiger partial charge in [-0.15, -0.1) is 0 Å². The van der Waals surface area contributed by atoms with Crippen molar-refractivity contribution in [3.05, 3.63) is 33.9 Å². The third-order valence-electron chi connectivity index (χ3n) is 8.17. The molecule has 1 saturated carbocycles. The van der Waals surface area contributed by atoms with Crippen molar-refractivity contribution < 1.29 is 19.8 Å². The fraction of sp³-hybridized carbons (Fsp3) is 0.724. The van der Waals surface area contributed by atoms with E-state index < -0.39 is 17.4 Å². The predicted molar refractivity (Wildman–Crippen MR) is 135 cm³/mol. The summed E-state index contributed by atoms with van der Waals surface area (Å²) in [6.07, 6.45) is 14.4. The largest absolute Gasteiger partial charge is 0.481 e. The van der Waals surface area contributed by atoms with Gasteiger partial charge in [0, 0.05) is 0 Å². The fourth-order valence-electron chi connectivity index (χ4n) is 4.91. The van der Waals surface area contributed by atoms with Crippen molar-refractivity contribution >= 4 is 11.9 Å². The molecule has 1 aromatic rings. The predicted octanol–water partition coefficient (Wildman–Crippen LogP) is 7.57. The summed E-state index contributed by atoms with van der Waals surface area (Å²) in [4.78, 5) is 22.5. The molecule has 0 spiro atoms.